The molecule has 36 heavy (non-hydrogen) atoms. The lowest BCUT2D eigenvalue weighted by Gasteiger charge is -2.37. The van der Waals surface area contributed by atoms with Gasteiger partial charge in [0.1, 0.15) is 17.7 Å². The molecule has 0 fully saturated rings. The lowest BCUT2D eigenvalue weighted by atomic mass is 9.92. The zero-order chi connectivity index (χ0) is 27.5. The number of aryl methyl sites for hydroxylation is 2. The van der Waals surface area contributed by atoms with Crippen molar-refractivity contribution in [2.24, 2.45) is 5.92 Å². The molecular formula is C29H49N3O4. The van der Waals surface area contributed by atoms with Crippen molar-refractivity contribution in [1.82, 2.24) is 15.5 Å². The number of alkyl carbamates (subject to hydrolysis) is 1. The Kier molecular flexibility index (Phi) is 13.0. The van der Waals surface area contributed by atoms with Crippen LogP contribution in [0.4, 0.5) is 4.79 Å². The largest absolute Gasteiger partial charge is 0.444 e. The molecule has 1 rings (SSSR count). The number of unbranched alkanes of at least 4 members (excludes halogenated alkanes) is 2. The molecule has 2 N–H and O–H groups in total. The number of hydrogen-bond donors (Lipinski definition) is 2. The Morgan fingerprint density at radius 1 is 1.00 bits per heavy atom. The monoisotopic (exact) mass is 503 g/mol. The fourth-order valence-electron chi connectivity index (χ4n) is 4.27. The van der Waals surface area contributed by atoms with Gasteiger partial charge >= 0.3 is 6.09 Å². The normalized spacial score (nSPS) is 13.9. The van der Waals surface area contributed by atoms with Gasteiger partial charge < -0.3 is 20.3 Å². The Hall–Kier alpha value is -2.57. The second kappa shape index (κ2) is 14.9. The quantitative estimate of drug-likeness (QED) is 0.332. The number of amides is 3. The number of rotatable bonds is 13. The maximum Gasteiger partial charge on any atom is 0.408 e. The van der Waals surface area contributed by atoms with Gasteiger partial charge in [-0.05, 0) is 70.1 Å². The highest BCUT2D eigenvalue weighted by molar-refractivity contribution is 5.92. The van der Waals surface area contributed by atoms with Crippen LogP contribution in [0.1, 0.15) is 103 Å². The predicted octanol–water partition coefficient (Wildman–Crippen LogP) is 5.83. The van der Waals surface area contributed by atoms with Crippen LogP contribution in [0.25, 0.3) is 0 Å². The predicted molar refractivity (Wildman–Crippen MR) is 146 cm³/mol. The number of carbonyl (C=O) groups is 3. The number of nitrogens with one attached hydrogen (secondary N) is 2. The molecular weight excluding hydrogens is 454 g/mol. The molecule has 0 heterocycles. The Balaban J connectivity index is 3.48. The first-order valence-electron chi connectivity index (χ1n) is 13.5. The summed E-state index contributed by atoms with van der Waals surface area (Å²) < 4.78 is 5.46. The van der Waals surface area contributed by atoms with Crippen molar-refractivity contribution < 1.29 is 19.1 Å². The molecule has 0 spiro atoms. The summed E-state index contributed by atoms with van der Waals surface area (Å²) in [6.45, 7) is 18.3. The molecule has 0 bridgehead atoms. The molecule has 0 saturated heterocycles. The molecule has 0 aliphatic heterocycles. The molecule has 3 unspecified atom stereocenters. The van der Waals surface area contributed by atoms with Crippen LogP contribution in [-0.4, -0.2) is 47.5 Å². The summed E-state index contributed by atoms with van der Waals surface area (Å²) in [5.74, 6) is -0.602. The summed E-state index contributed by atoms with van der Waals surface area (Å²) in [6.07, 6.45) is 3.70. The van der Waals surface area contributed by atoms with Gasteiger partial charge in [-0.1, -0.05) is 65.2 Å². The minimum Gasteiger partial charge on any atom is -0.444 e. The van der Waals surface area contributed by atoms with E-state index in [-0.39, 0.29) is 17.7 Å². The standard InChI is InChI=1S/C29H49N3O4/c1-10-13-14-18-30-26(33)25(23-21(5)16-15-17-22(23)6)32(19-11-2)27(34)24(20(4)12-3)31-28(35)36-29(7,8)9/h15-17,20,24-25H,10-14,18-19H2,1-9H3,(H,30,33)(H,31,35). The number of carbonyl (C=O) groups excluding carboxylic acids is 3. The van der Waals surface area contributed by atoms with Crippen molar-refractivity contribution in [2.75, 3.05) is 13.1 Å². The van der Waals surface area contributed by atoms with E-state index in [4.69, 9.17) is 4.74 Å². The smallest absolute Gasteiger partial charge is 0.408 e. The molecule has 7 heteroatoms. The van der Waals surface area contributed by atoms with E-state index in [1.54, 1.807) is 25.7 Å². The molecule has 3 atom stereocenters. The summed E-state index contributed by atoms with van der Waals surface area (Å²) in [7, 11) is 0. The Labute approximate surface area is 218 Å². The van der Waals surface area contributed by atoms with E-state index < -0.39 is 23.8 Å². The molecule has 1 aromatic carbocycles. The lowest BCUT2D eigenvalue weighted by Crippen LogP contribution is -2.55. The first-order valence-corrected chi connectivity index (χ1v) is 13.5. The van der Waals surface area contributed by atoms with E-state index >= 15 is 0 Å². The molecule has 0 saturated carbocycles. The Morgan fingerprint density at radius 2 is 1.61 bits per heavy atom. The summed E-state index contributed by atoms with van der Waals surface area (Å²) in [4.78, 5) is 42.1. The van der Waals surface area contributed by atoms with Crippen molar-refractivity contribution >= 4 is 17.9 Å². The summed E-state index contributed by atoms with van der Waals surface area (Å²) in [5, 5.41) is 5.89. The van der Waals surface area contributed by atoms with E-state index in [0.717, 1.165) is 36.0 Å². The van der Waals surface area contributed by atoms with Crippen molar-refractivity contribution in [3.05, 3.63) is 34.9 Å². The van der Waals surface area contributed by atoms with Crippen LogP contribution in [0.15, 0.2) is 18.2 Å². The van der Waals surface area contributed by atoms with Gasteiger partial charge in [-0.2, -0.15) is 0 Å². The molecule has 1 aromatic rings. The highest BCUT2D eigenvalue weighted by atomic mass is 16.6. The van der Waals surface area contributed by atoms with Crippen LogP contribution >= 0.6 is 0 Å². The molecule has 0 aliphatic carbocycles. The summed E-state index contributed by atoms with van der Waals surface area (Å²) >= 11 is 0. The van der Waals surface area contributed by atoms with Crippen LogP contribution in [0, 0.1) is 19.8 Å². The topological polar surface area (TPSA) is 87.7 Å². The molecule has 0 aliphatic rings. The third-order valence-corrected chi connectivity index (χ3v) is 6.35. The van der Waals surface area contributed by atoms with E-state index in [0.29, 0.717) is 25.9 Å². The van der Waals surface area contributed by atoms with Crippen molar-refractivity contribution in [1.29, 1.82) is 0 Å². The van der Waals surface area contributed by atoms with E-state index in [9.17, 15) is 14.4 Å². The van der Waals surface area contributed by atoms with Gasteiger partial charge in [-0.25, -0.2) is 4.79 Å². The number of benzene rings is 1. The Morgan fingerprint density at radius 3 is 2.11 bits per heavy atom. The Bertz CT molecular complexity index is 842. The molecule has 0 aromatic heterocycles. The van der Waals surface area contributed by atoms with Crippen LogP contribution in [0.3, 0.4) is 0 Å². The average molecular weight is 504 g/mol. The fraction of sp³-hybridized carbons (Fsp3) is 0.690. The number of hydrogen-bond acceptors (Lipinski definition) is 4. The van der Waals surface area contributed by atoms with Gasteiger partial charge in [0.2, 0.25) is 11.8 Å². The number of nitrogens with zero attached hydrogens (tertiary/aromatic N) is 1. The minimum absolute atomic E-state index is 0.143. The van der Waals surface area contributed by atoms with Crippen molar-refractivity contribution in [3.8, 4) is 0 Å². The zero-order valence-corrected chi connectivity index (χ0v) is 24.0. The first-order chi connectivity index (χ1) is 16.9. The maximum absolute atomic E-state index is 14.1. The van der Waals surface area contributed by atoms with E-state index in [2.05, 4.69) is 17.6 Å². The third kappa shape index (κ3) is 9.47. The van der Waals surface area contributed by atoms with E-state index in [1.807, 2.05) is 52.8 Å². The van der Waals surface area contributed by atoms with Gasteiger partial charge in [0, 0.05) is 13.1 Å². The average Bonchev–Trinajstić information content (AvgIpc) is 2.79. The van der Waals surface area contributed by atoms with Crippen molar-refractivity contribution in [2.45, 2.75) is 112 Å². The molecule has 3 amide bonds. The van der Waals surface area contributed by atoms with Crippen LogP contribution < -0.4 is 10.6 Å². The van der Waals surface area contributed by atoms with Gasteiger partial charge in [-0.15, -0.1) is 0 Å². The second-order valence-corrected chi connectivity index (χ2v) is 10.7. The third-order valence-electron chi connectivity index (χ3n) is 6.35. The van der Waals surface area contributed by atoms with Crippen LogP contribution in [-0.2, 0) is 14.3 Å². The maximum atomic E-state index is 14.1. The van der Waals surface area contributed by atoms with Crippen LogP contribution in [0.5, 0.6) is 0 Å². The highest BCUT2D eigenvalue weighted by Crippen LogP contribution is 2.29. The fourth-order valence-corrected chi connectivity index (χ4v) is 4.27. The number of ether oxygens (including phenoxy) is 1. The highest BCUT2D eigenvalue weighted by Gasteiger charge is 2.38. The molecule has 204 valence electrons. The first kappa shape index (κ1) is 31.5. The van der Waals surface area contributed by atoms with Crippen LogP contribution in [0.2, 0.25) is 0 Å². The molecule has 0 radical (unpaired) electrons. The van der Waals surface area contributed by atoms with Gasteiger partial charge in [0.25, 0.3) is 0 Å². The van der Waals surface area contributed by atoms with Gasteiger partial charge in [0.15, 0.2) is 0 Å². The van der Waals surface area contributed by atoms with E-state index in [1.165, 1.54) is 0 Å². The SMILES string of the molecule is CCCCCNC(=O)C(c1c(C)cccc1C)N(CCC)C(=O)C(NC(=O)OC(C)(C)C)C(C)CC. The zero-order valence-electron chi connectivity index (χ0n) is 24.0. The summed E-state index contributed by atoms with van der Waals surface area (Å²) in [6, 6.07) is 4.31. The van der Waals surface area contributed by atoms with Crippen molar-refractivity contribution in [3.63, 3.8) is 0 Å². The second-order valence-electron chi connectivity index (χ2n) is 10.7. The van der Waals surface area contributed by atoms with Gasteiger partial charge in [0.05, 0.1) is 0 Å². The molecule has 7 nitrogen and oxygen atoms in total. The minimum atomic E-state index is -0.809. The van der Waals surface area contributed by atoms with Gasteiger partial charge in [-0.3, -0.25) is 9.59 Å². The lowest BCUT2D eigenvalue weighted by molar-refractivity contribution is -0.143. The summed E-state index contributed by atoms with van der Waals surface area (Å²) in [5.41, 5.74) is 2.07.